The van der Waals surface area contributed by atoms with Crippen LogP contribution in [0, 0.1) is 20.8 Å². The Kier molecular flexibility index (Phi) is 4.82. The molecule has 0 aliphatic carbocycles. The van der Waals surface area contributed by atoms with E-state index in [1.165, 1.54) is 4.90 Å². The van der Waals surface area contributed by atoms with Gasteiger partial charge in [-0.3, -0.25) is 19.5 Å². The van der Waals surface area contributed by atoms with E-state index in [1.54, 1.807) is 30.6 Å². The minimum absolute atomic E-state index is 0.0195. The molecule has 1 fully saturated rings. The number of hydrogen-bond donors (Lipinski definition) is 2. The van der Waals surface area contributed by atoms with Gasteiger partial charge in [0, 0.05) is 18.0 Å². The number of aliphatic hydroxyl groups excluding tert-OH is 1. The number of nitrogens with one attached hydrogen (secondary N) is 1. The molecule has 3 heterocycles. The molecule has 7 heteroatoms. The fourth-order valence-electron chi connectivity index (χ4n) is 4.18. The number of aryl methyl sites for hydroxylation is 3. The second-order valence-electron chi connectivity index (χ2n) is 8.33. The summed E-state index contributed by atoms with van der Waals surface area (Å²) in [5.74, 6) is -1.48. The van der Waals surface area contributed by atoms with Gasteiger partial charge in [-0.2, -0.15) is 0 Å². The van der Waals surface area contributed by atoms with Crippen LogP contribution in [-0.2, 0) is 9.59 Å². The molecular formula is C26H22N4O3. The summed E-state index contributed by atoms with van der Waals surface area (Å²) in [6, 6.07) is 13.8. The lowest BCUT2D eigenvalue weighted by Gasteiger charge is -2.22. The van der Waals surface area contributed by atoms with Crippen LogP contribution in [0.2, 0.25) is 0 Å². The number of nitrogens with zero attached hydrogens (tertiary/aromatic N) is 3. The molecule has 2 aromatic heterocycles. The van der Waals surface area contributed by atoms with Crippen LogP contribution >= 0.6 is 0 Å². The SMILES string of the molecule is Cc1ccc2nc(N3C(=O)C(=O)/C(=C(/O)c4ccc(C)c(C)c4)C3c3ccncc3)[nH]c2c1. The van der Waals surface area contributed by atoms with Crippen molar-refractivity contribution in [2.24, 2.45) is 0 Å². The third kappa shape index (κ3) is 3.38. The van der Waals surface area contributed by atoms with E-state index >= 15 is 0 Å². The zero-order valence-electron chi connectivity index (χ0n) is 18.5. The van der Waals surface area contributed by atoms with Gasteiger partial charge in [0.1, 0.15) is 5.76 Å². The number of aromatic nitrogens is 3. The van der Waals surface area contributed by atoms with Crippen molar-refractivity contribution < 1.29 is 14.7 Å². The van der Waals surface area contributed by atoms with E-state index in [1.807, 2.05) is 51.1 Å². The molecule has 7 nitrogen and oxygen atoms in total. The van der Waals surface area contributed by atoms with Crippen molar-refractivity contribution in [1.82, 2.24) is 15.0 Å². The molecule has 5 rings (SSSR count). The van der Waals surface area contributed by atoms with E-state index < -0.39 is 17.7 Å². The highest BCUT2D eigenvalue weighted by Gasteiger charge is 2.48. The van der Waals surface area contributed by atoms with Crippen LogP contribution in [0.25, 0.3) is 16.8 Å². The van der Waals surface area contributed by atoms with Gasteiger partial charge in [-0.25, -0.2) is 4.98 Å². The van der Waals surface area contributed by atoms with Crippen LogP contribution in [-0.4, -0.2) is 31.7 Å². The first-order valence-electron chi connectivity index (χ1n) is 10.6. The Morgan fingerprint density at radius 1 is 0.970 bits per heavy atom. The van der Waals surface area contributed by atoms with Crippen LogP contribution in [0.3, 0.4) is 0 Å². The van der Waals surface area contributed by atoms with Crippen molar-refractivity contribution in [3.05, 3.63) is 94.3 Å². The van der Waals surface area contributed by atoms with E-state index in [9.17, 15) is 14.7 Å². The van der Waals surface area contributed by atoms with Gasteiger partial charge in [0.15, 0.2) is 0 Å². The highest BCUT2D eigenvalue weighted by Crippen LogP contribution is 2.41. The maximum atomic E-state index is 13.3. The monoisotopic (exact) mass is 438 g/mol. The molecule has 0 spiro atoms. The summed E-state index contributed by atoms with van der Waals surface area (Å²) < 4.78 is 0. The van der Waals surface area contributed by atoms with Crippen molar-refractivity contribution in [3.8, 4) is 0 Å². The molecule has 2 N–H and O–H groups in total. The molecule has 2 aromatic carbocycles. The van der Waals surface area contributed by atoms with E-state index in [-0.39, 0.29) is 17.3 Å². The molecule has 164 valence electrons. The van der Waals surface area contributed by atoms with E-state index in [0.29, 0.717) is 16.6 Å². The zero-order chi connectivity index (χ0) is 23.3. The third-order valence-electron chi connectivity index (χ3n) is 6.10. The first-order chi connectivity index (χ1) is 15.8. The molecule has 1 saturated heterocycles. The molecule has 1 unspecified atom stereocenters. The van der Waals surface area contributed by atoms with Gasteiger partial charge in [0.05, 0.1) is 22.6 Å². The highest BCUT2D eigenvalue weighted by atomic mass is 16.3. The van der Waals surface area contributed by atoms with Gasteiger partial charge in [0.2, 0.25) is 5.95 Å². The normalized spacial score (nSPS) is 17.8. The van der Waals surface area contributed by atoms with Crippen molar-refractivity contribution in [2.45, 2.75) is 26.8 Å². The molecule has 4 aromatic rings. The average Bonchev–Trinajstić information content (AvgIpc) is 3.33. The first-order valence-corrected chi connectivity index (χ1v) is 10.6. The van der Waals surface area contributed by atoms with Gasteiger partial charge in [-0.15, -0.1) is 0 Å². The van der Waals surface area contributed by atoms with Crippen molar-refractivity contribution in [2.75, 3.05) is 4.90 Å². The van der Waals surface area contributed by atoms with E-state index in [2.05, 4.69) is 15.0 Å². The molecule has 1 aliphatic rings. The topological polar surface area (TPSA) is 99.2 Å². The summed E-state index contributed by atoms with van der Waals surface area (Å²) in [4.78, 5) is 39.6. The predicted octanol–water partition coefficient (Wildman–Crippen LogP) is 4.51. The maximum absolute atomic E-state index is 13.3. The van der Waals surface area contributed by atoms with Gasteiger partial charge >= 0.3 is 5.91 Å². The predicted molar refractivity (Wildman–Crippen MR) is 126 cm³/mol. The second-order valence-corrected chi connectivity index (χ2v) is 8.33. The van der Waals surface area contributed by atoms with E-state index in [0.717, 1.165) is 22.2 Å². The molecule has 0 radical (unpaired) electrons. The number of rotatable bonds is 3. The van der Waals surface area contributed by atoms with Gasteiger partial charge in [-0.1, -0.05) is 18.2 Å². The largest absolute Gasteiger partial charge is 0.507 e. The number of aliphatic hydroxyl groups is 1. The smallest absolute Gasteiger partial charge is 0.302 e. The minimum atomic E-state index is -0.851. The number of benzene rings is 2. The number of H-pyrrole nitrogens is 1. The van der Waals surface area contributed by atoms with Crippen LogP contribution in [0.15, 0.2) is 66.5 Å². The second kappa shape index (κ2) is 7.70. The van der Waals surface area contributed by atoms with Gasteiger partial charge in [0.25, 0.3) is 5.78 Å². The summed E-state index contributed by atoms with van der Waals surface area (Å²) in [7, 11) is 0. The summed E-state index contributed by atoms with van der Waals surface area (Å²) >= 11 is 0. The number of ketones is 1. The summed E-state index contributed by atoms with van der Waals surface area (Å²) in [5.41, 5.74) is 5.67. The van der Waals surface area contributed by atoms with Crippen LogP contribution in [0.1, 0.15) is 33.9 Å². The number of fused-ring (bicyclic) bond motifs is 1. The fourth-order valence-corrected chi connectivity index (χ4v) is 4.18. The average molecular weight is 438 g/mol. The number of hydrogen-bond acceptors (Lipinski definition) is 5. The molecule has 33 heavy (non-hydrogen) atoms. The van der Waals surface area contributed by atoms with Crippen molar-refractivity contribution in [1.29, 1.82) is 0 Å². The number of Topliss-reactive ketones (excluding diaryl/α,β-unsaturated/α-hetero) is 1. The summed E-state index contributed by atoms with van der Waals surface area (Å²) in [5, 5.41) is 11.2. The number of carbonyl (C=O) groups excluding carboxylic acids is 2. The third-order valence-corrected chi connectivity index (χ3v) is 6.10. The van der Waals surface area contributed by atoms with E-state index in [4.69, 9.17) is 0 Å². The Hall–Kier alpha value is -4.26. The van der Waals surface area contributed by atoms with Crippen molar-refractivity contribution in [3.63, 3.8) is 0 Å². The Balaban J connectivity index is 1.73. The lowest BCUT2D eigenvalue weighted by atomic mass is 9.95. The van der Waals surface area contributed by atoms with Crippen LogP contribution < -0.4 is 4.90 Å². The Morgan fingerprint density at radius 2 is 1.73 bits per heavy atom. The maximum Gasteiger partial charge on any atom is 0.302 e. The lowest BCUT2D eigenvalue weighted by Crippen LogP contribution is -2.30. The fraction of sp³-hybridized carbons (Fsp3) is 0.154. The summed E-state index contributed by atoms with van der Waals surface area (Å²) in [6.45, 7) is 5.87. The zero-order valence-corrected chi connectivity index (χ0v) is 18.5. The van der Waals surface area contributed by atoms with Crippen LogP contribution in [0.5, 0.6) is 0 Å². The summed E-state index contributed by atoms with van der Waals surface area (Å²) in [6.07, 6.45) is 3.18. The number of anilines is 1. The molecule has 0 saturated carbocycles. The Labute approximate surface area is 190 Å². The lowest BCUT2D eigenvalue weighted by molar-refractivity contribution is -0.132. The number of pyridine rings is 1. The quantitative estimate of drug-likeness (QED) is 0.279. The van der Waals surface area contributed by atoms with Gasteiger partial charge < -0.3 is 10.1 Å². The van der Waals surface area contributed by atoms with Crippen LogP contribution in [0.4, 0.5) is 5.95 Å². The minimum Gasteiger partial charge on any atom is -0.507 e. The molecule has 0 bridgehead atoms. The molecule has 1 aliphatic heterocycles. The number of amides is 1. The molecular weight excluding hydrogens is 416 g/mol. The highest BCUT2D eigenvalue weighted by molar-refractivity contribution is 6.51. The van der Waals surface area contributed by atoms with Gasteiger partial charge in [-0.05, 0) is 73.4 Å². The standard InChI is InChI=1S/C26H22N4O3/c1-14-4-7-19-20(12-14)29-26(28-19)30-22(17-8-10-27-11-9-17)21(24(32)25(30)33)23(31)18-6-5-15(2)16(3)13-18/h4-13,22,31H,1-3H3,(H,28,29)/b23-21+. The number of imidazole rings is 1. The molecule has 1 amide bonds. The van der Waals surface area contributed by atoms with Crippen molar-refractivity contribution >= 4 is 34.4 Å². The Bertz CT molecular complexity index is 1450. The first kappa shape index (κ1) is 20.6. The number of carbonyl (C=O) groups is 2. The number of aromatic amines is 1. The Morgan fingerprint density at radius 3 is 2.45 bits per heavy atom. The molecule has 1 atom stereocenters.